The van der Waals surface area contributed by atoms with Crippen molar-refractivity contribution in [3.05, 3.63) is 28.8 Å². The molecule has 0 saturated heterocycles. The summed E-state index contributed by atoms with van der Waals surface area (Å²) in [5.41, 5.74) is -0.00995. The molecule has 0 aliphatic carbocycles. The van der Waals surface area contributed by atoms with Gasteiger partial charge in [0.25, 0.3) is 0 Å². The Balaban J connectivity index is 3.67. The van der Waals surface area contributed by atoms with E-state index in [4.69, 9.17) is 5.73 Å². The van der Waals surface area contributed by atoms with Crippen molar-refractivity contribution in [2.75, 3.05) is 5.73 Å². The zero-order valence-electron chi connectivity index (χ0n) is 8.08. The van der Waals surface area contributed by atoms with E-state index in [2.05, 4.69) is 15.9 Å². The predicted molar refractivity (Wildman–Crippen MR) is 53.5 cm³/mol. The zero-order chi connectivity index (χ0) is 13.4. The fourth-order valence-corrected chi connectivity index (χ4v) is 1.87. The van der Waals surface area contributed by atoms with Crippen LogP contribution in [0.5, 0.6) is 0 Å². The summed E-state index contributed by atoms with van der Waals surface area (Å²) in [5, 5.41) is -0.342. The third-order valence-electron chi connectivity index (χ3n) is 2.03. The van der Waals surface area contributed by atoms with Gasteiger partial charge in [0.15, 0.2) is 0 Å². The number of halogens is 7. The molecule has 0 unspecified atom stereocenters. The molecule has 0 heterocycles. The van der Waals surface area contributed by atoms with Crippen molar-refractivity contribution < 1.29 is 26.3 Å². The van der Waals surface area contributed by atoms with E-state index >= 15 is 0 Å². The summed E-state index contributed by atoms with van der Waals surface area (Å²) in [6.07, 6.45) is -10.3. The van der Waals surface area contributed by atoms with E-state index in [1.807, 2.05) is 0 Å². The second-order valence-corrected chi connectivity index (χ2v) is 3.75. The van der Waals surface area contributed by atoms with Crippen molar-refractivity contribution in [3.8, 4) is 0 Å². The molecule has 17 heavy (non-hydrogen) atoms. The smallest absolute Gasteiger partial charge is 0.398 e. The number of rotatable bonds is 1. The van der Waals surface area contributed by atoms with Gasteiger partial charge >= 0.3 is 12.4 Å². The predicted octanol–water partition coefficient (Wildman–Crippen LogP) is 4.20. The SMILES string of the molecule is Nc1ccc(CBr)c(C(F)(F)F)c1C(F)(F)F. The van der Waals surface area contributed by atoms with E-state index in [1.165, 1.54) is 0 Å². The molecule has 0 radical (unpaired) electrons. The van der Waals surface area contributed by atoms with Crippen LogP contribution in [0.2, 0.25) is 0 Å². The molecule has 0 bridgehead atoms. The topological polar surface area (TPSA) is 26.0 Å². The molecule has 1 rings (SSSR count). The molecule has 1 aromatic rings. The minimum atomic E-state index is -5.15. The maximum Gasteiger partial charge on any atom is 0.418 e. The quantitative estimate of drug-likeness (QED) is 0.468. The van der Waals surface area contributed by atoms with Crippen LogP contribution >= 0.6 is 15.9 Å². The second kappa shape index (κ2) is 4.40. The summed E-state index contributed by atoms with van der Waals surface area (Å²) in [6, 6.07) is 1.73. The van der Waals surface area contributed by atoms with Gasteiger partial charge in [0, 0.05) is 11.0 Å². The lowest BCUT2D eigenvalue weighted by molar-refractivity contribution is -0.161. The first kappa shape index (κ1) is 14.1. The summed E-state index contributed by atoms with van der Waals surface area (Å²) in [5.74, 6) is 0. The maximum absolute atomic E-state index is 12.6. The van der Waals surface area contributed by atoms with Gasteiger partial charge in [-0.15, -0.1) is 0 Å². The Morgan fingerprint density at radius 2 is 1.41 bits per heavy atom. The van der Waals surface area contributed by atoms with Crippen LogP contribution in [-0.2, 0) is 17.7 Å². The number of hydrogen-bond donors (Lipinski definition) is 1. The highest BCUT2D eigenvalue weighted by atomic mass is 79.9. The van der Waals surface area contributed by atoms with Gasteiger partial charge in [-0.1, -0.05) is 22.0 Å². The summed E-state index contributed by atoms with van der Waals surface area (Å²) < 4.78 is 75.6. The highest BCUT2D eigenvalue weighted by Crippen LogP contribution is 2.45. The third kappa shape index (κ3) is 2.85. The lowest BCUT2D eigenvalue weighted by Gasteiger charge is -2.20. The molecule has 0 amide bonds. The molecular formula is C9H6BrF6N. The van der Waals surface area contributed by atoms with Gasteiger partial charge in [0.2, 0.25) is 0 Å². The van der Waals surface area contributed by atoms with Crippen LogP contribution in [0.1, 0.15) is 16.7 Å². The molecule has 0 saturated carbocycles. The van der Waals surface area contributed by atoms with Gasteiger partial charge in [-0.3, -0.25) is 0 Å². The first-order valence-electron chi connectivity index (χ1n) is 4.20. The van der Waals surface area contributed by atoms with Gasteiger partial charge in [-0.2, -0.15) is 26.3 Å². The Labute approximate surface area is 101 Å². The second-order valence-electron chi connectivity index (χ2n) is 3.19. The highest BCUT2D eigenvalue weighted by molar-refractivity contribution is 9.08. The zero-order valence-corrected chi connectivity index (χ0v) is 9.67. The van der Waals surface area contributed by atoms with Gasteiger partial charge in [0.1, 0.15) is 0 Å². The molecule has 0 atom stereocenters. The third-order valence-corrected chi connectivity index (χ3v) is 2.64. The Bertz CT molecular complexity index is 423. The summed E-state index contributed by atoms with van der Waals surface area (Å²) in [7, 11) is 0. The van der Waals surface area contributed by atoms with Gasteiger partial charge in [-0.25, -0.2) is 0 Å². The van der Waals surface area contributed by atoms with E-state index in [0.29, 0.717) is 0 Å². The molecule has 1 nitrogen and oxygen atoms in total. The molecular weight excluding hydrogens is 316 g/mol. The maximum atomic E-state index is 12.6. The molecule has 0 aliphatic rings. The van der Waals surface area contributed by atoms with Crippen molar-refractivity contribution in [2.24, 2.45) is 0 Å². The van der Waals surface area contributed by atoms with Gasteiger partial charge in [0.05, 0.1) is 11.1 Å². The van der Waals surface area contributed by atoms with E-state index < -0.39 is 34.7 Å². The Kier molecular flexibility index (Phi) is 3.66. The van der Waals surface area contributed by atoms with Gasteiger partial charge in [-0.05, 0) is 11.6 Å². The van der Waals surface area contributed by atoms with Crippen LogP contribution in [0.4, 0.5) is 32.0 Å². The van der Waals surface area contributed by atoms with E-state index in [9.17, 15) is 26.3 Å². The lowest BCUT2D eigenvalue weighted by Crippen LogP contribution is -2.20. The van der Waals surface area contributed by atoms with Crippen LogP contribution in [0.25, 0.3) is 0 Å². The standard InChI is InChI=1S/C9H6BrF6N/c10-3-4-1-2-5(17)7(9(14,15)16)6(4)8(11,12)13/h1-2H,3,17H2. The number of anilines is 1. The molecule has 0 aliphatic heterocycles. The molecule has 1 aromatic carbocycles. The van der Waals surface area contributed by atoms with Crippen molar-refractivity contribution in [1.82, 2.24) is 0 Å². The summed E-state index contributed by atoms with van der Waals surface area (Å²) >= 11 is 2.72. The largest absolute Gasteiger partial charge is 0.418 e. The minimum Gasteiger partial charge on any atom is -0.398 e. The number of nitrogens with two attached hydrogens (primary N) is 1. The van der Waals surface area contributed by atoms with Crippen molar-refractivity contribution >= 4 is 21.6 Å². The van der Waals surface area contributed by atoms with Crippen molar-refractivity contribution in [1.29, 1.82) is 0 Å². The monoisotopic (exact) mass is 321 g/mol. The average Bonchev–Trinajstić information content (AvgIpc) is 2.13. The summed E-state index contributed by atoms with van der Waals surface area (Å²) in [6.45, 7) is 0. The molecule has 96 valence electrons. The number of nitrogen functional groups attached to an aromatic ring is 1. The van der Waals surface area contributed by atoms with Crippen LogP contribution < -0.4 is 5.73 Å². The first-order valence-corrected chi connectivity index (χ1v) is 5.33. The first-order chi connectivity index (χ1) is 7.59. The number of alkyl halides is 7. The van der Waals surface area contributed by atoms with E-state index in [0.717, 1.165) is 12.1 Å². The molecule has 0 aromatic heterocycles. The molecule has 8 heteroatoms. The van der Waals surface area contributed by atoms with Crippen LogP contribution in [0.15, 0.2) is 12.1 Å². The number of benzene rings is 1. The van der Waals surface area contributed by atoms with Gasteiger partial charge < -0.3 is 5.73 Å². The fraction of sp³-hybridized carbons (Fsp3) is 0.333. The highest BCUT2D eigenvalue weighted by Gasteiger charge is 2.46. The molecule has 0 spiro atoms. The summed E-state index contributed by atoms with van der Waals surface area (Å²) in [4.78, 5) is 0. The Morgan fingerprint density at radius 1 is 0.941 bits per heavy atom. The van der Waals surface area contributed by atoms with Crippen LogP contribution in [0.3, 0.4) is 0 Å². The molecule has 0 fully saturated rings. The minimum absolute atomic E-state index is 0.342. The molecule has 2 N–H and O–H groups in total. The van der Waals surface area contributed by atoms with E-state index in [1.54, 1.807) is 0 Å². The fourth-order valence-electron chi connectivity index (χ4n) is 1.40. The Morgan fingerprint density at radius 3 is 1.76 bits per heavy atom. The van der Waals surface area contributed by atoms with Crippen LogP contribution in [0, 0.1) is 0 Å². The normalized spacial score (nSPS) is 12.9. The Hall–Kier alpha value is -0.920. The van der Waals surface area contributed by atoms with E-state index in [-0.39, 0.29) is 5.33 Å². The van der Waals surface area contributed by atoms with Crippen molar-refractivity contribution in [3.63, 3.8) is 0 Å². The van der Waals surface area contributed by atoms with Crippen LogP contribution in [-0.4, -0.2) is 0 Å². The average molecular weight is 322 g/mol. The number of hydrogen-bond acceptors (Lipinski definition) is 1. The lowest BCUT2D eigenvalue weighted by atomic mass is 9.99. The van der Waals surface area contributed by atoms with Crippen molar-refractivity contribution in [2.45, 2.75) is 17.7 Å².